The molecule has 5 nitrogen and oxygen atoms in total. The number of benzene rings is 2. The van der Waals surface area contributed by atoms with Gasteiger partial charge in [-0.15, -0.1) is 0 Å². The Kier molecular flexibility index (Phi) is 5.40. The third kappa shape index (κ3) is 4.21. The molecule has 0 unspecified atom stereocenters. The molecule has 128 valence electrons. The highest BCUT2D eigenvalue weighted by atomic mass is 79.9. The van der Waals surface area contributed by atoms with E-state index < -0.39 is 6.09 Å². The molecular weight excluding hydrogens is 406 g/mol. The van der Waals surface area contributed by atoms with Crippen LogP contribution in [0.3, 0.4) is 0 Å². The van der Waals surface area contributed by atoms with E-state index in [0.717, 1.165) is 27.0 Å². The van der Waals surface area contributed by atoms with Crippen LogP contribution in [0.15, 0.2) is 59.2 Å². The van der Waals surface area contributed by atoms with Crippen molar-refractivity contribution in [2.45, 2.75) is 6.54 Å². The van der Waals surface area contributed by atoms with Crippen LogP contribution in [0.4, 0.5) is 4.79 Å². The summed E-state index contributed by atoms with van der Waals surface area (Å²) in [5, 5.41) is 7.81. The highest BCUT2D eigenvalue weighted by Crippen LogP contribution is 2.24. The summed E-state index contributed by atoms with van der Waals surface area (Å²) in [6.07, 6.45) is 1.38. The first-order chi connectivity index (χ1) is 12.1. The van der Waals surface area contributed by atoms with Gasteiger partial charge in [0, 0.05) is 27.8 Å². The molecule has 3 rings (SSSR count). The molecular formula is C18H15BrClN3O2. The zero-order valence-corrected chi connectivity index (χ0v) is 15.7. The molecule has 0 atom stereocenters. The molecule has 3 aromatic rings. The zero-order valence-electron chi connectivity index (χ0n) is 13.4. The van der Waals surface area contributed by atoms with Crippen molar-refractivity contribution in [3.8, 4) is 16.9 Å². The Hall–Kier alpha value is -2.31. The molecule has 0 saturated carbocycles. The second kappa shape index (κ2) is 7.72. The zero-order chi connectivity index (χ0) is 17.8. The summed E-state index contributed by atoms with van der Waals surface area (Å²) >= 11 is 9.67. The third-order valence-electron chi connectivity index (χ3n) is 3.61. The maximum atomic E-state index is 11.2. The summed E-state index contributed by atoms with van der Waals surface area (Å²) in [6, 6.07) is 15.5. The molecule has 0 aliphatic carbocycles. The van der Waals surface area contributed by atoms with E-state index in [-0.39, 0.29) is 6.54 Å². The first kappa shape index (κ1) is 17.5. The van der Waals surface area contributed by atoms with E-state index in [0.29, 0.717) is 5.02 Å². The van der Waals surface area contributed by atoms with Crippen LogP contribution >= 0.6 is 27.5 Å². The summed E-state index contributed by atoms with van der Waals surface area (Å²) in [5.74, 6) is 0. The van der Waals surface area contributed by atoms with Crippen LogP contribution in [0.2, 0.25) is 5.02 Å². The lowest BCUT2D eigenvalue weighted by atomic mass is 10.2. The molecule has 1 heterocycles. The fourth-order valence-electron chi connectivity index (χ4n) is 2.35. The molecule has 1 aromatic heterocycles. The topological polar surface area (TPSA) is 56.1 Å². The lowest BCUT2D eigenvalue weighted by Gasteiger charge is -2.09. The van der Waals surface area contributed by atoms with Gasteiger partial charge in [0.05, 0.1) is 18.5 Å². The number of nitrogens with zero attached hydrogens (tertiary/aromatic N) is 2. The molecule has 0 saturated heterocycles. The van der Waals surface area contributed by atoms with E-state index in [2.05, 4.69) is 31.1 Å². The van der Waals surface area contributed by atoms with Crippen LogP contribution in [0.5, 0.6) is 0 Å². The van der Waals surface area contributed by atoms with E-state index in [1.54, 1.807) is 10.7 Å². The van der Waals surface area contributed by atoms with Crippen molar-refractivity contribution in [3.63, 3.8) is 0 Å². The molecule has 0 spiro atoms. The third-order valence-corrected chi connectivity index (χ3v) is 4.47. The van der Waals surface area contributed by atoms with Crippen molar-refractivity contribution in [2.75, 3.05) is 7.11 Å². The maximum absolute atomic E-state index is 11.2. The van der Waals surface area contributed by atoms with E-state index in [1.165, 1.54) is 7.11 Å². The molecule has 7 heteroatoms. The van der Waals surface area contributed by atoms with Crippen molar-refractivity contribution < 1.29 is 9.53 Å². The molecule has 0 aliphatic rings. The predicted molar refractivity (Wildman–Crippen MR) is 101 cm³/mol. The van der Waals surface area contributed by atoms with Gasteiger partial charge in [0.2, 0.25) is 0 Å². The lowest BCUT2D eigenvalue weighted by Crippen LogP contribution is -2.22. The van der Waals surface area contributed by atoms with Crippen LogP contribution in [0.25, 0.3) is 16.9 Å². The average molecular weight is 421 g/mol. The SMILES string of the molecule is COC(=O)NCc1cc(-n2ccc(-c3cccc(Br)c3)n2)ccc1Cl. The number of amides is 1. The number of alkyl carbamates (subject to hydrolysis) is 1. The number of nitrogens with one attached hydrogen (secondary N) is 1. The fourth-order valence-corrected chi connectivity index (χ4v) is 2.93. The van der Waals surface area contributed by atoms with E-state index in [4.69, 9.17) is 11.6 Å². The molecule has 0 radical (unpaired) electrons. The Bertz CT molecular complexity index is 911. The van der Waals surface area contributed by atoms with Gasteiger partial charge in [0.1, 0.15) is 0 Å². The molecule has 0 aliphatic heterocycles. The van der Waals surface area contributed by atoms with Gasteiger partial charge in [0.15, 0.2) is 0 Å². The highest BCUT2D eigenvalue weighted by molar-refractivity contribution is 9.10. The van der Waals surface area contributed by atoms with Crippen molar-refractivity contribution in [3.05, 3.63) is 69.8 Å². The van der Waals surface area contributed by atoms with Crippen LogP contribution in [-0.4, -0.2) is 23.0 Å². The monoisotopic (exact) mass is 419 g/mol. The number of halogens is 2. The van der Waals surface area contributed by atoms with Gasteiger partial charge >= 0.3 is 6.09 Å². The minimum Gasteiger partial charge on any atom is -0.453 e. The Morgan fingerprint density at radius 2 is 2.12 bits per heavy atom. The van der Waals surface area contributed by atoms with Crippen LogP contribution < -0.4 is 5.32 Å². The Morgan fingerprint density at radius 1 is 1.28 bits per heavy atom. The van der Waals surface area contributed by atoms with E-state index >= 15 is 0 Å². The van der Waals surface area contributed by atoms with Crippen molar-refractivity contribution in [2.24, 2.45) is 0 Å². The second-order valence-electron chi connectivity index (χ2n) is 5.28. The Labute approximate surface area is 158 Å². The summed E-state index contributed by atoms with van der Waals surface area (Å²) in [5.41, 5.74) is 3.52. The van der Waals surface area contributed by atoms with Gasteiger partial charge in [-0.05, 0) is 42.0 Å². The van der Waals surface area contributed by atoms with Crippen LogP contribution in [0.1, 0.15) is 5.56 Å². The summed E-state index contributed by atoms with van der Waals surface area (Å²) in [4.78, 5) is 11.2. The van der Waals surface area contributed by atoms with Crippen LogP contribution in [-0.2, 0) is 11.3 Å². The number of hydrogen-bond acceptors (Lipinski definition) is 3. The second-order valence-corrected chi connectivity index (χ2v) is 6.60. The maximum Gasteiger partial charge on any atom is 0.407 e. The van der Waals surface area contributed by atoms with Crippen LogP contribution in [0, 0.1) is 0 Å². The van der Waals surface area contributed by atoms with Crippen molar-refractivity contribution in [1.29, 1.82) is 0 Å². The van der Waals surface area contributed by atoms with Gasteiger partial charge in [-0.3, -0.25) is 0 Å². The van der Waals surface area contributed by atoms with Gasteiger partial charge in [0.25, 0.3) is 0 Å². The van der Waals surface area contributed by atoms with E-state index in [1.807, 2.05) is 48.7 Å². The van der Waals surface area contributed by atoms with Gasteiger partial charge < -0.3 is 10.1 Å². The predicted octanol–water partition coefficient (Wildman–Crippen LogP) is 4.81. The minimum absolute atomic E-state index is 0.277. The number of methoxy groups -OCH3 is 1. The van der Waals surface area contributed by atoms with Gasteiger partial charge in [-0.2, -0.15) is 5.10 Å². The highest BCUT2D eigenvalue weighted by Gasteiger charge is 2.08. The number of carbonyl (C=O) groups excluding carboxylic acids is 1. The largest absolute Gasteiger partial charge is 0.453 e. The quantitative estimate of drug-likeness (QED) is 0.659. The van der Waals surface area contributed by atoms with E-state index in [9.17, 15) is 4.79 Å². The minimum atomic E-state index is -0.502. The molecule has 2 aromatic carbocycles. The van der Waals surface area contributed by atoms with Gasteiger partial charge in [-0.25, -0.2) is 9.48 Å². The molecule has 1 N–H and O–H groups in total. The molecule has 0 bridgehead atoms. The smallest absolute Gasteiger partial charge is 0.407 e. The fraction of sp³-hybridized carbons (Fsp3) is 0.111. The summed E-state index contributed by atoms with van der Waals surface area (Å²) in [7, 11) is 1.32. The Morgan fingerprint density at radius 3 is 2.88 bits per heavy atom. The average Bonchev–Trinajstić information content (AvgIpc) is 3.11. The molecule has 1 amide bonds. The summed E-state index contributed by atoms with van der Waals surface area (Å²) in [6.45, 7) is 0.277. The normalized spacial score (nSPS) is 10.5. The summed E-state index contributed by atoms with van der Waals surface area (Å²) < 4.78 is 7.35. The number of rotatable bonds is 4. The van der Waals surface area contributed by atoms with Crippen molar-refractivity contribution >= 4 is 33.6 Å². The first-order valence-corrected chi connectivity index (χ1v) is 8.66. The van der Waals surface area contributed by atoms with Gasteiger partial charge in [-0.1, -0.05) is 39.7 Å². The lowest BCUT2D eigenvalue weighted by molar-refractivity contribution is 0.170. The molecule has 25 heavy (non-hydrogen) atoms. The Balaban J connectivity index is 1.86. The number of hydrogen-bond donors (Lipinski definition) is 1. The van der Waals surface area contributed by atoms with Crippen molar-refractivity contribution in [1.82, 2.24) is 15.1 Å². The number of carbonyl (C=O) groups is 1. The molecule has 0 fully saturated rings. The standard InChI is InChI=1S/C18H15BrClN3O2/c1-25-18(24)21-11-13-10-15(5-6-16(13)20)23-8-7-17(22-23)12-3-2-4-14(19)9-12/h2-10H,11H2,1H3,(H,21,24). The number of aromatic nitrogens is 2. The first-order valence-electron chi connectivity index (χ1n) is 7.49. The number of ether oxygens (including phenoxy) is 1.